The quantitative estimate of drug-likeness (QED) is 0.732. The molecule has 0 saturated carbocycles. The third-order valence-electron chi connectivity index (χ3n) is 4.23. The number of nitrogens with zero attached hydrogens (tertiary/aromatic N) is 6. The molecule has 126 valence electrons. The van der Waals surface area contributed by atoms with Crippen molar-refractivity contribution in [1.82, 2.24) is 24.6 Å². The molecule has 9 heteroatoms. The zero-order valence-electron chi connectivity index (χ0n) is 13.7. The fraction of sp³-hybridized carbons (Fsp3) is 0.467. The summed E-state index contributed by atoms with van der Waals surface area (Å²) in [5.74, 6) is 1.82. The zero-order valence-corrected chi connectivity index (χ0v) is 14.5. The van der Waals surface area contributed by atoms with Crippen molar-refractivity contribution in [2.75, 3.05) is 35.7 Å². The van der Waals surface area contributed by atoms with Crippen molar-refractivity contribution in [3.8, 4) is 0 Å². The monoisotopic (exact) mass is 344 g/mol. The third kappa shape index (κ3) is 2.86. The van der Waals surface area contributed by atoms with Gasteiger partial charge in [-0.05, 0) is 19.8 Å². The minimum absolute atomic E-state index is 0.405. The maximum atomic E-state index is 4.53. The molecule has 3 aromatic heterocycles. The molecule has 4 rings (SSSR count). The molecular formula is C15H20N8S. The molecule has 1 saturated heterocycles. The molecule has 24 heavy (non-hydrogen) atoms. The lowest BCUT2D eigenvalue weighted by atomic mass is 10.2. The topological polar surface area (TPSA) is 83.3 Å². The van der Waals surface area contributed by atoms with Crippen LogP contribution in [0.5, 0.6) is 0 Å². The Hall–Kier alpha value is -2.42. The molecular weight excluding hydrogens is 324 g/mol. The van der Waals surface area contributed by atoms with Crippen LogP contribution in [-0.2, 0) is 0 Å². The van der Waals surface area contributed by atoms with E-state index in [9.17, 15) is 0 Å². The highest BCUT2D eigenvalue weighted by Gasteiger charge is 2.26. The minimum Gasteiger partial charge on any atom is -0.373 e. The summed E-state index contributed by atoms with van der Waals surface area (Å²) >= 11 is 1.58. The van der Waals surface area contributed by atoms with Crippen LogP contribution in [0.4, 0.5) is 16.8 Å². The predicted molar refractivity (Wildman–Crippen MR) is 96.0 cm³/mol. The van der Waals surface area contributed by atoms with Gasteiger partial charge >= 0.3 is 0 Å². The van der Waals surface area contributed by atoms with Crippen molar-refractivity contribution in [3.63, 3.8) is 0 Å². The molecule has 0 bridgehead atoms. The molecule has 4 heterocycles. The molecule has 8 nitrogen and oxygen atoms in total. The smallest absolute Gasteiger partial charge is 0.214 e. The van der Waals surface area contributed by atoms with Crippen molar-refractivity contribution < 1.29 is 0 Å². The molecule has 1 aliphatic rings. The third-order valence-corrected chi connectivity index (χ3v) is 5.11. The Morgan fingerprint density at radius 1 is 1.38 bits per heavy atom. The van der Waals surface area contributed by atoms with Gasteiger partial charge in [0, 0.05) is 32.2 Å². The van der Waals surface area contributed by atoms with Gasteiger partial charge in [-0.2, -0.15) is 0 Å². The zero-order chi connectivity index (χ0) is 16.5. The lowest BCUT2D eigenvalue weighted by molar-refractivity contribution is 0.689. The summed E-state index contributed by atoms with van der Waals surface area (Å²) in [6.07, 6.45) is 5.88. The maximum absolute atomic E-state index is 4.53. The van der Waals surface area contributed by atoms with E-state index >= 15 is 0 Å². The number of hydrogen-bond acceptors (Lipinski definition) is 8. The molecule has 1 aliphatic heterocycles. The van der Waals surface area contributed by atoms with Crippen LogP contribution < -0.4 is 15.5 Å². The molecule has 0 aliphatic carbocycles. The Morgan fingerprint density at radius 3 is 3.12 bits per heavy atom. The maximum Gasteiger partial charge on any atom is 0.214 e. The molecule has 0 spiro atoms. The summed E-state index contributed by atoms with van der Waals surface area (Å²) < 4.78 is 1.83. The van der Waals surface area contributed by atoms with E-state index in [1.807, 2.05) is 30.8 Å². The lowest BCUT2D eigenvalue weighted by Gasteiger charge is -2.25. The van der Waals surface area contributed by atoms with Crippen molar-refractivity contribution >= 4 is 33.1 Å². The van der Waals surface area contributed by atoms with Gasteiger partial charge in [-0.3, -0.25) is 0 Å². The number of aryl methyl sites for hydroxylation is 1. The summed E-state index contributed by atoms with van der Waals surface area (Å²) in [5, 5.41) is 12.0. The largest absolute Gasteiger partial charge is 0.373 e. The van der Waals surface area contributed by atoms with Crippen LogP contribution in [0.2, 0.25) is 0 Å². The normalized spacial score (nSPS) is 17.6. The average molecular weight is 344 g/mol. The second kappa shape index (κ2) is 6.23. The second-order valence-electron chi connectivity index (χ2n) is 5.90. The van der Waals surface area contributed by atoms with Crippen LogP contribution in [0.3, 0.4) is 0 Å². The summed E-state index contributed by atoms with van der Waals surface area (Å²) in [6, 6.07) is 2.40. The second-order valence-corrected chi connectivity index (χ2v) is 6.85. The number of hydrogen-bond donors (Lipinski definition) is 2. The van der Waals surface area contributed by atoms with E-state index in [1.165, 1.54) is 6.42 Å². The molecule has 0 radical (unpaired) electrons. The molecule has 3 aromatic rings. The van der Waals surface area contributed by atoms with Crippen LogP contribution in [-0.4, -0.2) is 50.7 Å². The minimum atomic E-state index is 0.405. The number of anilines is 3. The number of imidazole rings is 1. The summed E-state index contributed by atoms with van der Waals surface area (Å²) in [7, 11) is 1.87. The van der Waals surface area contributed by atoms with Gasteiger partial charge in [-0.1, -0.05) is 11.3 Å². The molecule has 0 unspecified atom stereocenters. The van der Waals surface area contributed by atoms with Crippen molar-refractivity contribution in [1.29, 1.82) is 0 Å². The number of aromatic nitrogens is 5. The number of rotatable bonds is 5. The highest BCUT2D eigenvalue weighted by atomic mass is 32.1. The Kier molecular flexibility index (Phi) is 3.93. The van der Waals surface area contributed by atoms with Crippen molar-refractivity contribution in [2.24, 2.45) is 0 Å². The van der Waals surface area contributed by atoms with Crippen molar-refractivity contribution in [2.45, 2.75) is 25.8 Å². The molecule has 1 atom stereocenters. The number of fused-ring (bicyclic) bond motifs is 1. The first-order chi connectivity index (χ1) is 11.7. The summed E-state index contributed by atoms with van der Waals surface area (Å²) in [5.41, 5.74) is 0.992. The Labute approximate surface area is 144 Å². The molecule has 1 fully saturated rings. The fourth-order valence-corrected chi connectivity index (χ4v) is 3.91. The van der Waals surface area contributed by atoms with Crippen molar-refractivity contribution in [3.05, 3.63) is 24.3 Å². The number of nitrogens with one attached hydrogen (secondary N) is 2. The van der Waals surface area contributed by atoms with Crippen LogP contribution >= 0.6 is 11.3 Å². The van der Waals surface area contributed by atoms with E-state index < -0.39 is 0 Å². The first kappa shape index (κ1) is 15.1. The van der Waals surface area contributed by atoms with Gasteiger partial charge in [-0.25, -0.2) is 19.5 Å². The van der Waals surface area contributed by atoms with E-state index in [4.69, 9.17) is 0 Å². The van der Waals surface area contributed by atoms with Gasteiger partial charge < -0.3 is 15.5 Å². The van der Waals surface area contributed by atoms with Crippen LogP contribution in [0.15, 0.2) is 18.6 Å². The lowest BCUT2D eigenvalue weighted by Crippen LogP contribution is -2.35. The average Bonchev–Trinajstić information content (AvgIpc) is 3.27. The highest BCUT2D eigenvalue weighted by molar-refractivity contribution is 7.20. The fourth-order valence-electron chi connectivity index (χ4n) is 3.08. The first-order valence-corrected chi connectivity index (χ1v) is 8.88. The van der Waals surface area contributed by atoms with Gasteiger partial charge in [0.25, 0.3) is 0 Å². The molecule has 2 N–H and O–H groups in total. The Bertz CT molecular complexity index is 809. The molecule has 0 amide bonds. The van der Waals surface area contributed by atoms with Gasteiger partial charge in [-0.15, -0.1) is 5.10 Å². The standard InChI is InChI=1S/C15H20N8S/c1-10-8-23-15(20-10)24-14(21-23)17-7-11-4-3-5-22(11)13-6-12(16-2)18-9-19-13/h6,8-9,11H,3-5,7H2,1-2H3,(H,17,21)(H,16,18,19)/t11-/m1/s1. The van der Waals surface area contributed by atoms with E-state index in [0.717, 1.165) is 46.9 Å². The predicted octanol–water partition coefficient (Wildman–Crippen LogP) is 2.01. The van der Waals surface area contributed by atoms with Gasteiger partial charge in [0.2, 0.25) is 10.1 Å². The van der Waals surface area contributed by atoms with Gasteiger partial charge in [0.05, 0.1) is 11.9 Å². The van der Waals surface area contributed by atoms with Gasteiger partial charge in [0.15, 0.2) is 0 Å². The SMILES string of the molecule is CNc1cc(N2CCC[C@@H]2CNc2nn3cc(C)nc3s2)ncn1. The Balaban J connectivity index is 1.45. The van der Waals surface area contributed by atoms with Crippen LogP contribution in [0.1, 0.15) is 18.5 Å². The highest BCUT2D eigenvalue weighted by Crippen LogP contribution is 2.26. The van der Waals surface area contributed by atoms with E-state index in [-0.39, 0.29) is 0 Å². The van der Waals surface area contributed by atoms with Gasteiger partial charge in [0.1, 0.15) is 18.0 Å². The summed E-state index contributed by atoms with van der Waals surface area (Å²) in [6.45, 7) is 3.84. The van der Waals surface area contributed by atoms with Crippen LogP contribution in [0.25, 0.3) is 4.96 Å². The van der Waals surface area contributed by atoms with E-state index in [0.29, 0.717) is 6.04 Å². The molecule has 0 aromatic carbocycles. The summed E-state index contributed by atoms with van der Waals surface area (Å²) in [4.78, 5) is 16.3. The van der Waals surface area contributed by atoms with E-state index in [1.54, 1.807) is 17.7 Å². The van der Waals surface area contributed by atoms with Crippen LogP contribution in [0, 0.1) is 6.92 Å². The Morgan fingerprint density at radius 2 is 2.29 bits per heavy atom. The van der Waals surface area contributed by atoms with E-state index in [2.05, 4.69) is 35.6 Å². The first-order valence-electron chi connectivity index (χ1n) is 8.06.